The number of aromatic nitrogens is 3. The quantitative estimate of drug-likeness (QED) is 0.724. The number of para-hydroxylation sites is 1. The summed E-state index contributed by atoms with van der Waals surface area (Å²) in [5.74, 6) is 1.22. The molecule has 2 N–H and O–H groups in total. The molecule has 128 valence electrons. The standard InChI is InChI=1S/C18H19N5O2/c1-25-16-8-3-2-6-14(16)12-20-18(24)21-17-9-11-23(22-17)13-15-7-4-5-10-19-15/h2-11H,12-13H2,1H3,(H2,20,21,22,24). The van der Waals surface area contributed by atoms with Crippen LogP contribution in [-0.2, 0) is 13.1 Å². The molecule has 3 rings (SSSR count). The zero-order valence-electron chi connectivity index (χ0n) is 13.8. The van der Waals surface area contributed by atoms with E-state index in [2.05, 4.69) is 20.7 Å². The maximum Gasteiger partial charge on any atom is 0.320 e. The topological polar surface area (TPSA) is 81.1 Å². The maximum absolute atomic E-state index is 12.0. The highest BCUT2D eigenvalue weighted by molar-refractivity contribution is 5.88. The van der Waals surface area contributed by atoms with Gasteiger partial charge in [0, 0.05) is 30.6 Å². The maximum atomic E-state index is 12.0. The van der Waals surface area contributed by atoms with Crippen molar-refractivity contribution in [3.63, 3.8) is 0 Å². The van der Waals surface area contributed by atoms with Gasteiger partial charge in [0.15, 0.2) is 5.82 Å². The molecule has 0 unspecified atom stereocenters. The third kappa shape index (κ3) is 4.57. The Kier molecular flexibility index (Phi) is 5.26. The number of nitrogens with one attached hydrogen (secondary N) is 2. The highest BCUT2D eigenvalue weighted by atomic mass is 16.5. The fraction of sp³-hybridized carbons (Fsp3) is 0.167. The van der Waals surface area contributed by atoms with E-state index in [1.54, 1.807) is 30.3 Å². The molecule has 0 spiro atoms. The number of amides is 2. The van der Waals surface area contributed by atoms with Crippen LogP contribution in [0.5, 0.6) is 5.75 Å². The van der Waals surface area contributed by atoms with Crippen LogP contribution in [0, 0.1) is 0 Å². The molecule has 0 aliphatic rings. The van der Waals surface area contributed by atoms with Crippen molar-refractivity contribution in [2.75, 3.05) is 12.4 Å². The molecule has 7 heteroatoms. The van der Waals surface area contributed by atoms with E-state index in [0.717, 1.165) is 17.0 Å². The number of nitrogens with zero attached hydrogens (tertiary/aromatic N) is 3. The van der Waals surface area contributed by atoms with Crippen molar-refractivity contribution in [1.29, 1.82) is 0 Å². The molecule has 0 aliphatic heterocycles. The van der Waals surface area contributed by atoms with E-state index in [9.17, 15) is 4.79 Å². The van der Waals surface area contributed by atoms with E-state index in [1.165, 1.54) is 0 Å². The van der Waals surface area contributed by atoms with Crippen LogP contribution in [0.2, 0.25) is 0 Å². The van der Waals surface area contributed by atoms with Gasteiger partial charge in [-0.2, -0.15) is 5.10 Å². The van der Waals surface area contributed by atoms with Crippen molar-refractivity contribution >= 4 is 11.8 Å². The monoisotopic (exact) mass is 337 g/mol. The summed E-state index contributed by atoms with van der Waals surface area (Å²) in [7, 11) is 1.60. The molecule has 1 aromatic carbocycles. The van der Waals surface area contributed by atoms with Crippen molar-refractivity contribution in [3.8, 4) is 5.75 Å². The number of hydrogen-bond acceptors (Lipinski definition) is 4. The van der Waals surface area contributed by atoms with Crippen LogP contribution >= 0.6 is 0 Å². The van der Waals surface area contributed by atoms with Gasteiger partial charge in [0.25, 0.3) is 0 Å². The Morgan fingerprint density at radius 3 is 2.80 bits per heavy atom. The summed E-state index contributed by atoms with van der Waals surface area (Å²) in [5, 5.41) is 9.82. The Hall–Kier alpha value is -3.35. The minimum Gasteiger partial charge on any atom is -0.496 e. The fourth-order valence-electron chi connectivity index (χ4n) is 2.36. The number of methoxy groups -OCH3 is 1. The number of ether oxygens (including phenoxy) is 1. The van der Waals surface area contributed by atoms with Crippen LogP contribution in [-0.4, -0.2) is 27.9 Å². The summed E-state index contributed by atoms with van der Waals surface area (Å²) < 4.78 is 6.98. The van der Waals surface area contributed by atoms with Crippen molar-refractivity contribution in [3.05, 3.63) is 72.2 Å². The zero-order valence-corrected chi connectivity index (χ0v) is 13.8. The summed E-state index contributed by atoms with van der Waals surface area (Å²) in [5.41, 5.74) is 1.80. The predicted molar refractivity (Wildman–Crippen MR) is 94.4 cm³/mol. The summed E-state index contributed by atoms with van der Waals surface area (Å²) in [6.07, 6.45) is 3.54. The number of anilines is 1. The van der Waals surface area contributed by atoms with Gasteiger partial charge in [-0.05, 0) is 18.2 Å². The molecule has 0 saturated heterocycles. The molecular weight excluding hydrogens is 318 g/mol. The third-order valence-corrected chi connectivity index (χ3v) is 3.56. The Morgan fingerprint density at radius 1 is 1.16 bits per heavy atom. The Labute approximate surface area is 145 Å². The molecule has 2 aromatic heterocycles. The second kappa shape index (κ2) is 7.96. The first kappa shape index (κ1) is 16.5. The smallest absolute Gasteiger partial charge is 0.320 e. The third-order valence-electron chi connectivity index (χ3n) is 3.56. The SMILES string of the molecule is COc1ccccc1CNC(=O)Nc1ccn(Cc2ccccn2)n1. The molecule has 3 aromatic rings. The first-order valence-electron chi connectivity index (χ1n) is 7.85. The van der Waals surface area contributed by atoms with Crippen molar-refractivity contribution < 1.29 is 9.53 Å². The normalized spacial score (nSPS) is 10.3. The van der Waals surface area contributed by atoms with Gasteiger partial charge in [-0.1, -0.05) is 24.3 Å². The van der Waals surface area contributed by atoms with Crippen LogP contribution in [0.3, 0.4) is 0 Å². The van der Waals surface area contributed by atoms with Gasteiger partial charge in [0.2, 0.25) is 0 Å². The number of carbonyl (C=O) groups excluding carboxylic acids is 1. The molecule has 2 amide bonds. The minimum atomic E-state index is -0.325. The average Bonchev–Trinajstić information content (AvgIpc) is 3.07. The van der Waals surface area contributed by atoms with Gasteiger partial charge in [-0.3, -0.25) is 15.0 Å². The molecule has 7 nitrogen and oxygen atoms in total. The number of pyridine rings is 1. The summed E-state index contributed by atoms with van der Waals surface area (Å²) in [6.45, 7) is 0.913. The molecule has 0 radical (unpaired) electrons. The highest BCUT2D eigenvalue weighted by Gasteiger charge is 2.07. The molecule has 25 heavy (non-hydrogen) atoms. The number of carbonyl (C=O) groups is 1. The number of rotatable bonds is 6. The summed E-state index contributed by atoms with van der Waals surface area (Å²) >= 11 is 0. The average molecular weight is 337 g/mol. The van der Waals surface area contributed by atoms with E-state index in [0.29, 0.717) is 18.9 Å². The van der Waals surface area contributed by atoms with Gasteiger partial charge in [0.1, 0.15) is 5.75 Å². The Bertz CT molecular complexity index is 832. The molecule has 0 aliphatic carbocycles. The second-order valence-corrected chi connectivity index (χ2v) is 5.34. The molecule has 0 bridgehead atoms. The van der Waals surface area contributed by atoms with Crippen LogP contribution in [0.25, 0.3) is 0 Å². The fourth-order valence-corrected chi connectivity index (χ4v) is 2.36. The van der Waals surface area contributed by atoms with Crippen LogP contribution < -0.4 is 15.4 Å². The predicted octanol–water partition coefficient (Wildman–Crippen LogP) is 2.66. The summed E-state index contributed by atoms with van der Waals surface area (Å²) in [6, 6.07) is 14.7. The van der Waals surface area contributed by atoms with E-state index in [4.69, 9.17) is 4.74 Å². The van der Waals surface area contributed by atoms with Gasteiger partial charge in [-0.25, -0.2) is 4.79 Å². The number of urea groups is 1. The second-order valence-electron chi connectivity index (χ2n) is 5.34. The molecule has 2 heterocycles. The lowest BCUT2D eigenvalue weighted by Crippen LogP contribution is -2.28. The van der Waals surface area contributed by atoms with Gasteiger partial charge >= 0.3 is 6.03 Å². The minimum absolute atomic E-state index is 0.325. The Morgan fingerprint density at radius 2 is 2.00 bits per heavy atom. The van der Waals surface area contributed by atoms with E-state index in [-0.39, 0.29) is 6.03 Å². The molecule has 0 atom stereocenters. The van der Waals surface area contributed by atoms with Crippen LogP contribution in [0.4, 0.5) is 10.6 Å². The van der Waals surface area contributed by atoms with Crippen molar-refractivity contribution in [1.82, 2.24) is 20.1 Å². The largest absolute Gasteiger partial charge is 0.496 e. The lowest BCUT2D eigenvalue weighted by Gasteiger charge is -2.09. The molecule has 0 fully saturated rings. The first-order valence-corrected chi connectivity index (χ1v) is 7.85. The van der Waals surface area contributed by atoms with Crippen molar-refractivity contribution in [2.45, 2.75) is 13.1 Å². The van der Waals surface area contributed by atoms with Crippen LogP contribution in [0.1, 0.15) is 11.3 Å². The van der Waals surface area contributed by atoms with Gasteiger partial charge in [-0.15, -0.1) is 0 Å². The Balaban J connectivity index is 1.53. The molecule has 0 saturated carbocycles. The number of hydrogen-bond donors (Lipinski definition) is 2. The first-order chi connectivity index (χ1) is 12.2. The van der Waals surface area contributed by atoms with E-state index < -0.39 is 0 Å². The molecular formula is C18H19N5O2. The van der Waals surface area contributed by atoms with E-state index in [1.807, 2.05) is 42.5 Å². The van der Waals surface area contributed by atoms with Gasteiger partial charge < -0.3 is 10.1 Å². The van der Waals surface area contributed by atoms with Crippen molar-refractivity contribution in [2.24, 2.45) is 0 Å². The summed E-state index contributed by atoms with van der Waals surface area (Å²) in [4.78, 5) is 16.3. The highest BCUT2D eigenvalue weighted by Crippen LogP contribution is 2.16. The zero-order chi connectivity index (χ0) is 17.5. The lowest BCUT2D eigenvalue weighted by molar-refractivity contribution is 0.251. The van der Waals surface area contributed by atoms with Crippen LogP contribution in [0.15, 0.2) is 60.9 Å². The van der Waals surface area contributed by atoms with E-state index >= 15 is 0 Å². The van der Waals surface area contributed by atoms with Gasteiger partial charge in [0.05, 0.1) is 19.3 Å². The lowest BCUT2D eigenvalue weighted by atomic mass is 10.2. The number of benzene rings is 1.